The van der Waals surface area contributed by atoms with Gasteiger partial charge in [0, 0.05) is 6.42 Å². The van der Waals surface area contributed by atoms with Crippen LogP contribution in [0.4, 0.5) is 0 Å². The van der Waals surface area contributed by atoms with Gasteiger partial charge in [-0.2, -0.15) is 11.8 Å². The van der Waals surface area contributed by atoms with Crippen LogP contribution in [0.25, 0.3) is 0 Å². The van der Waals surface area contributed by atoms with E-state index in [2.05, 4.69) is 10.6 Å². The number of aliphatic carboxylic acids is 2. The fourth-order valence-corrected chi connectivity index (χ4v) is 3.34. The molecule has 0 saturated heterocycles. The van der Waals surface area contributed by atoms with Gasteiger partial charge in [-0.05, 0) is 37.2 Å². The summed E-state index contributed by atoms with van der Waals surface area (Å²) in [6, 6.07) is -5.03. The van der Waals surface area contributed by atoms with Crippen molar-refractivity contribution in [1.82, 2.24) is 16.0 Å². The van der Waals surface area contributed by atoms with Crippen molar-refractivity contribution in [2.24, 2.45) is 17.4 Å². The van der Waals surface area contributed by atoms with Crippen molar-refractivity contribution >= 4 is 47.3 Å². The number of hydrogen-bond acceptors (Lipinski definition) is 8. The van der Waals surface area contributed by atoms with Gasteiger partial charge in [-0.25, -0.2) is 4.79 Å². The van der Waals surface area contributed by atoms with Crippen molar-refractivity contribution in [2.75, 3.05) is 12.0 Å². The Kier molecular flexibility index (Phi) is 14.5. The van der Waals surface area contributed by atoms with Crippen LogP contribution in [-0.4, -0.2) is 82.0 Å². The number of hydrogen-bond donors (Lipinski definition) is 7. The molecule has 0 aromatic heterocycles. The van der Waals surface area contributed by atoms with Crippen LogP contribution in [0.1, 0.15) is 46.0 Å². The molecule has 0 bridgehead atoms. The van der Waals surface area contributed by atoms with E-state index in [4.69, 9.17) is 21.7 Å². The van der Waals surface area contributed by atoms with Gasteiger partial charge in [0.25, 0.3) is 0 Å². The van der Waals surface area contributed by atoms with E-state index in [9.17, 15) is 28.8 Å². The van der Waals surface area contributed by atoms with Crippen molar-refractivity contribution in [1.29, 1.82) is 0 Å². The summed E-state index contributed by atoms with van der Waals surface area (Å²) < 4.78 is 0. The monoisotopic (exact) mass is 505 g/mol. The van der Waals surface area contributed by atoms with Gasteiger partial charge in [-0.15, -0.1) is 0 Å². The third kappa shape index (κ3) is 13.0. The molecular formula is C20H35N5O8S. The molecule has 0 radical (unpaired) electrons. The molecule has 34 heavy (non-hydrogen) atoms. The van der Waals surface area contributed by atoms with E-state index in [1.807, 2.05) is 19.2 Å². The largest absolute Gasteiger partial charge is 0.481 e. The smallest absolute Gasteiger partial charge is 0.326 e. The molecule has 0 aromatic rings. The first-order valence-corrected chi connectivity index (χ1v) is 12.1. The van der Waals surface area contributed by atoms with E-state index in [0.29, 0.717) is 12.2 Å². The standard InChI is InChI=1S/C20H35N5O8S/c1-10(2)8-11(21)17(29)23-13(6-7-34-3)19(31)24-12(4-5-15(22)26)18(30)25-14(20(32)33)9-16(27)28/h10-14H,4-9,21H2,1-3H3,(H2,22,26)(H,23,29)(H,24,31)(H,25,30)(H,27,28)(H,32,33). The van der Waals surface area contributed by atoms with Gasteiger partial charge in [0.2, 0.25) is 23.6 Å². The zero-order valence-electron chi connectivity index (χ0n) is 19.5. The summed E-state index contributed by atoms with van der Waals surface area (Å²) in [5, 5.41) is 25.0. The first kappa shape index (κ1) is 31.1. The average molecular weight is 506 g/mol. The number of carboxylic acid groups (broad SMARTS) is 2. The van der Waals surface area contributed by atoms with Crippen molar-refractivity contribution in [3.05, 3.63) is 0 Å². The molecule has 9 N–H and O–H groups in total. The fraction of sp³-hybridized carbons (Fsp3) is 0.700. The minimum atomic E-state index is -1.75. The topological polar surface area (TPSA) is 231 Å². The number of nitrogens with one attached hydrogen (secondary N) is 3. The second kappa shape index (κ2) is 15.9. The Hall–Kier alpha value is -2.87. The zero-order valence-corrected chi connectivity index (χ0v) is 20.4. The summed E-state index contributed by atoms with van der Waals surface area (Å²) in [7, 11) is 0. The summed E-state index contributed by atoms with van der Waals surface area (Å²) >= 11 is 1.43. The van der Waals surface area contributed by atoms with Crippen LogP contribution in [0.3, 0.4) is 0 Å². The lowest BCUT2D eigenvalue weighted by atomic mass is 10.0. The number of nitrogens with two attached hydrogens (primary N) is 2. The number of carboxylic acids is 2. The Balaban J connectivity index is 5.54. The van der Waals surface area contributed by atoms with Crippen molar-refractivity contribution < 1.29 is 39.0 Å². The van der Waals surface area contributed by atoms with E-state index in [-0.39, 0.29) is 25.2 Å². The Morgan fingerprint density at radius 1 is 0.853 bits per heavy atom. The van der Waals surface area contributed by atoms with Crippen LogP contribution in [0, 0.1) is 5.92 Å². The van der Waals surface area contributed by atoms with E-state index < -0.39 is 66.2 Å². The second-order valence-electron chi connectivity index (χ2n) is 8.14. The number of carbonyl (C=O) groups is 6. The summed E-state index contributed by atoms with van der Waals surface area (Å²) in [5.74, 6) is -5.45. The lowest BCUT2D eigenvalue weighted by molar-refractivity contribution is -0.147. The third-order valence-electron chi connectivity index (χ3n) is 4.61. The Morgan fingerprint density at radius 3 is 1.79 bits per heavy atom. The van der Waals surface area contributed by atoms with Crippen LogP contribution in [0.15, 0.2) is 0 Å². The molecule has 4 atom stereocenters. The Labute approximate surface area is 202 Å². The quantitative estimate of drug-likeness (QED) is 0.119. The van der Waals surface area contributed by atoms with Crippen LogP contribution in [0.5, 0.6) is 0 Å². The summed E-state index contributed by atoms with van der Waals surface area (Å²) in [5.41, 5.74) is 11.0. The van der Waals surface area contributed by atoms with Crippen LogP contribution in [-0.2, 0) is 28.8 Å². The van der Waals surface area contributed by atoms with E-state index >= 15 is 0 Å². The SMILES string of the molecule is CSCCC(NC(=O)C(N)CC(C)C)C(=O)NC(CCC(N)=O)C(=O)NC(CC(=O)O)C(=O)O. The highest BCUT2D eigenvalue weighted by molar-refractivity contribution is 7.98. The molecule has 14 heteroatoms. The maximum absolute atomic E-state index is 12.9. The molecule has 194 valence electrons. The molecule has 4 unspecified atom stereocenters. The maximum atomic E-state index is 12.9. The molecule has 0 fully saturated rings. The zero-order chi connectivity index (χ0) is 26.4. The van der Waals surface area contributed by atoms with Crippen LogP contribution in [0.2, 0.25) is 0 Å². The Bertz CT molecular complexity index is 748. The average Bonchev–Trinajstić information content (AvgIpc) is 2.71. The lowest BCUT2D eigenvalue weighted by Crippen LogP contribution is -2.57. The van der Waals surface area contributed by atoms with Gasteiger partial charge in [-0.3, -0.25) is 24.0 Å². The molecule has 0 rings (SSSR count). The fourth-order valence-electron chi connectivity index (χ4n) is 2.87. The normalized spacial score (nSPS) is 14.4. The molecule has 0 aliphatic heterocycles. The number of primary amides is 1. The molecule has 13 nitrogen and oxygen atoms in total. The molecule has 0 aliphatic carbocycles. The predicted molar refractivity (Wildman–Crippen MR) is 125 cm³/mol. The molecule has 0 heterocycles. The van der Waals surface area contributed by atoms with Crippen LogP contribution < -0.4 is 27.4 Å². The molecule has 0 spiro atoms. The molecule has 0 saturated carbocycles. The van der Waals surface area contributed by atoms with Gasteiger partial charge in [0.1, 0.15) is 18.1 Å². The minimum Gasteiger partial charge on any atom is -0.481 e. The van der Waals surface area contributed by atoms with Gasteiger partial charge < -0.3 is 37.6 Å². The highest BCUT2D eigenvalue weighted by Crippen LogP contribution is 2.07. The highest BCUT2D eigenvalue weighted by Gasteiger charge is 2.31. The molecule has 0 aliphatic rings. The molecule has 4 amide bonds. The lowest BCUT2D eigenvalue weighted by Gasteiger charge is -2.25. The van der Waals surface area contributed by atoms with Gasteiger partial charge in [-0.1, -0.05) is 13.8 Å². The van der Waals surface area contributed by atoms with Crippen molar-refractivity contribution in [3.8, 4) is 0 Å². The summed E-state index contributed by atoms with van der Waals surface area (Å²) in [6.45, 7) is 3.78. The van der Waals surface area contributed by atoms with Gasteiger partial charge in [0.05, 0.1) is 12.5 Å². The molecule has 0 aromatic carbocycles. The van der Waals surface area contributed by atoms with E-state index in [1.165, 1.54) is 11.8 Å². The Morgan fingerprint density at radius 2 is 1.35 bits per heavy atom. The number of thioether (sulfide) groups is 1. The summed E-state index contributed by atoms with van der Waals surface area (Å²) in [4.78, 5) is 71.3. The second-order valence-corrected chi connectivity index (χ2v) is 9.13. The summed E-state index contributed by atoms with van der Waals surface area (Å²) in [6.07, 6.45) is 0.954. The number of rotatable bonds is 17. The predicted octanol–water partition coefficient (Wildman–Crippen LogP) is -1.61. The first-order chi connectivity index (χ1) is 15.8. The maximum Gasteiger partial charge on any atom is 0.326 e. The van der Waals surface area contributed by atoms with Crippen molar-refractivity contribution in [3.63, 3.8) is 0 Å². The number of carbonyl (C=O) groups excluding carboxylic acids is 4. The van der Waals surface area contributed by atoms with Crippen molar-refractivity contribution in [2.45, 2.75) is 70.1 Å². The van der Waals surface area contributed by atoms with E-state index in [0.717, 1.165) is 0 Å². The number of amides is 4. The first-order valence-electron chi connectivity index (χ1n) is 10.7. The third-order valence-corrected chi connectivity index (χ3v) is 5.26. The molecular weight excluding hydrogens is 470 g/mol. The van der Waals surface area contributed by atoms with Gasteiger partial charge in [0.15, 0.2) is 0 Å². The van der Waals surface area contributed by atoms with Gasteiger partial charge >= 0.3 is 11.9 Å². The minimum absolute atomic E-state index is 0.147. The van der Waals surface area contributed by atoms with E-state index in [1.54, 1.807) is 6.26 Å². The van der Waals surface area contributed by atoms with Crippen LogP contribution >= 0.6 is 11.8 Å². The highest BCUT2D eigenvalue weighted by atomic mass is 32.2.